The zero-order valence-electron chi connectivity index (χ0n) is 14.7. The molecule has 1 nitrogen and oxygen atoms in total. The van der Waals surface area contributed by atoms with Gasteiger partial charge in [0.1, 0.15) is 0 Å². The fourth-order valence-corrected chi connectivity index (χ4v) is 2.04. The SMILES string of the molecule is FC(F)=C(F)C(F)(F)C(F)(F)C(F)(F)C(F)(F)C(F)(F)C(F)(F)C(F)(F)C(F)(F)C1(F)OC1(F)F. The number of ether oxygens (including phenoxy) is 1. The van der Waals surface area contributed by atoms with E-state index in [4.69, 9.17) is 0 Å². The van der Waals surface area contributed by atoms with Gasteiger partial charge < -0.3 is 0 Å². The van der Waals surface area contributed by atoms with Gasteiger partial charge in [-0.1, -0.05) is 0 Å². The van der Waals surface area contributed by atoms with Crippen molar-refractivity contribution < 1.29 is 101 Å². The number of alkyl halides is 19. The summed E-state index contributed by atoms with van der Waals surface area (Å²) in [6, 6.07) is 0. The second-order valence-electron chi connectivity index (χ2n) is 6.38. The number of epoxide rings is 1. The van der Waals surface area contributed by atoms with Crippen molar-refractivity contribution >= 4 is 0 Å². The highest BCUT2D eigenvalue weighted by molar-refractivity contribution is 5.22. The predicted molar refractivity (Wildman–Crippen MR) is 59.8 cm³/mol. The van der Waals surface area contributed by atoms with Gasteiger partial charge in [-0.3, -0.25) is 4.74 Å². The molecule has 1 unspecified atom stereocenters. The van der Waals surface area contributed by atoms with Crippen LogP contribution in [0.4, 0.5) is 96.6 Å². The van der Waals surface area contributed by atoms with Crippen molar-refractivity contribution in [3.8, 4) is 0 Å². The quantitative estimate of drug-likeness (QED) is 0.205. The lowest BCUT2D eigenvalue weighted by Gasteiger charge is -2.43. The molecule has 0 N–H and O–H groups in total. The highest BCUT2D eigenvalue weighted by atomic mass is 19.4. The van der Waals surface area contributed by atoms with Crippen molar-refractivity contribution in [2.75, 3.05) is 0 Å². The first-order chi connectivity index (χ1) is 14.8. The lowest BCUT2D eigenvalue weighted by molar-refractivity contribution is -0.457. The van der Waals surface area contributed by atoms with Gasteiger partial charge in [-0.25, -0.2) is 0 Å². The van der Waals surface area contributed by atoms with Crippen LogP contribution in [-0.2, 0) is 4.74 Å². The van der Waals surface area contributed by atoms with Crippen molar-refractivity contribution in [2.24, 2.45) is 0 Å². The summed E-state index contributed by atoms with van der Waals surface area (Å²) in [7, 11) is 0. The third-order valence-electron chi connectivity index (χ3n) is 4.21. The van der Waals surface area contributed by atoms with Crippen LogP contribution in [-0.4, -0.2) is 59.3 Å². The molecule has 0 aromatic rings. The van der Waals surface area contributed by atoms with Gasteiger partial charge in [-0.2, -0.15) is 96.6 Å². The maximum Gasteiger partial charge on any atom is 0.424 e. The second-order valence-corrected chi connectivity index (χ2v) is 6.38. The summed E-state index contributed by atoms with van der Waals surface area (Å²) in [6.45, 7) is 0. The lowest BCUT2D eigenvalue weighted by Crippen LogP contribution is -2.75. The Morgan fingerprint density at radius 3 is 0.971 bits per heavy atom. The van der Waals surface area contributed by atoms with Crippen molar-refractivity contribution in [3.05, 3.63) is 11.9 Å². The molecule has 1 saturated heterocycles. The number of hydrogen-bond donors (Lipinski definition) is 0. The molecule has 0 aromatic heterocycles. The van der Waals surface area contributed by atoms with E-state index in [1.807, 2.05) is 4.74 Å². The Balaban J connectivity index is 3.76. The van der Waals surface area contributed by atoms with Crippen molar-refractivity contribution in [1.29, 1.82) is 0 Å². The average molecular weight is 578 g/mol. The van der Waals surface area contributed by atoms with Crippen molar-refractivity contribution in [3.63, 3.8) is 0 Å². The Morgan fingerprint density at radius 2 is 0.714 bits per heavy atom. The first-order valence-electron chi connectivity index (χ1n) is 7.32. The summed E-state index contributed by atoms with van der Waals surface area (Å²) >= 11 is 0. The molecule has 23 heteroatoms. The molecule has 0 aromatic carbocycles. The van der Waals surface area contributed by atoms with Crippen molar-refractivity contribution in [2.45, 2.75) is 59.3 Å². The van der Waals surface area contributed by atoms with E-state index in [1.54, 1.807) is 0 Å². The third-order valence-corrected chi connectivity index (χ3v) is 4.21. The average Bonchev–Trinajstić information content (AvgIpc) is 3.19. The second kappa shape index (κ2) is 7.35. The molecular weight excluding hydrogens is 578 g/mol. The molecule has 1 heterocycles. The standard InChI is InChI=1S/C12F22O/c13-1(2(14)15)3(16,17)4(18,19)5(20,21)6(22,23)7(24,25)8(26,27)9(28,29)10(30,31)11(32)12(33,34)35-11. The van der Waals surface area contributed by atoms with Crippen LogP contribution in [0.2, 0.25) is 0 Å². The van der Waals surface area contributed by atoms with Crippen LogP contribution < -0.4 is 0 Å². The monoisotopic (exact) mass is 578 g/mol. The van der Waals surface area contributed by atoms with Gasteiger partial charge in [0.15, 0.2) is 0 Å². The zero-order valence-corrected chi connectivity index (χ0v) is 14.7. The van der Waals surface area contributed by atoms with Gasteiger partial charge in [0.05, 0.1) is 0 Å². The van der Waals surface area contributed by atoms with E-state index in [-0.39, 0.29) is 0 Å². The molecular formula is C12F22O. The summed E-state index contributed by atoms with van der Waals surface area (Å²) in [6.07, 6.45) is -10.9. The fourth-order valence-electron chi connectivity index (χ4n) is 2.04. The lowest BCUT2D eigenvalue weighted by atomic mass is 9.86. The molecule has 208 valence electrons. The maximum absolute atomic E-state index is 13.4. The summed E-state index contributed by atoms with van der Waals surface area (Å²) in [5.41, 5.74) is 0. The zero-order chi connectivity index (χ0) is 28.9. The summed E-state index contributed by atoms with van der Waals surface area (Å²) in [4.78, 5) is 0. The Bertz CT molecular complexity index is 879. The molecule has 0 radical (unpaired) electrons. The number of halogens is 22. The molecule has 1 aliphatic rings. The van der Waals surface area contributed by atoms with E-state index < -0.39 is 71.3 Å². The molecule has 0 aliphatic carbocycles. The minimum atomic E-state index is -9.16. The Morgan fingerprint density at radius 1 is 0.457 bits per heavy atom. The summed E-state index contributed by atoms with van der Waals surface area (Å²) in [5, 5.41) is 0. The van der Waals surface area contributed by atoms with Gasteiger partial charge in [0.25, 0.3) is 0 Å². The van der Waals surface area contributed by atoms with Crippen molar-refractivity contribution in [1.82, 2.24) is 0 Å². The molecule has 0 bridgehead atoms. The van der Waals surface area contributed by atoms with Gasteiger partial charge in [-0.05, 0) is 0 Å². The van der Waals surface area contributed by atoms with Crippen LogP contribution in [0.25, 0.3) is 0 Å². The Hall–Kier alpha value is -1.84. The minimum Gasteiger partial charge on any atom is -0.265 e. The number of hydrogen-bond acceptors (Lipinski definition) is 1. The molecule has 1 atom stereocenters. The van der Waals surface area contributed by atoms with Gasteiger partial charge >= 0.3 is 65.4 Å². The van der Waals surface area contributed by atoms with Gasteiger partial charge in [0.2, 0.25) is 5.83 Å². The van der Waals surface area contributed by atoms with Crippen LogP contribution in [0.15, 0.2) is 11.9 Å². The van der Waals surface area contributed by atoms with Crippen LogP contribution in [0.1, 0.15) is 0 Å². The first kappa shape index (κ1) is 31.2. The van der Waals surface area contributed by atoms with E-state index >= 15 is 0 Å². The summed E-state index contributed by atoms with van der Waals surface area (Å²) in [5.74, 6) is -81.5. The highest BCUT2D eigenvalue weighted by Gasteiger charge is 3.01. The molecule has 1 aliphatic heterocycles. The molecule has 35 heavy (non-hydrogen) atoms. The smallest absolute Gasteiger partial charge is 0.265 e. The predicted octanol–water partition coefficient (Wildman–Crippen LogP) is 7.44. The van der Waals surface area contributed by atoms with Crippen LogP contribution in [0.3, 0.4) is 0 Å². The van der Waals surface area contributed by atoms with E-state index in [0.717, 1.165) is 0 Å². The molecule has 0 amide bonds. The third kappa shape index (κ3) is 3.37. The fraction of sp³-hybridized carbons (Fsp3) is 0.833. The number of allylic oxidation sites excluding steroid dienone is 1. The minimum absolute atomic E-state index is 1.97. The van der Waals surface area contributed by atoms with E-state index in [0.29, 0.717) is 0 Å². The maximum atomic E-state index is 13.4. The van der Waals surface area contributed by atoms with E-state index in [2.05, 4.69) is 0 Å². The first-order valence-corrected chi connectivity index (χ1v) is 7.32. The van der Waals surface area contributed by atoms with Crippen LogP contribution in [0, 0.1) is 0 Å². The number of rotatable bonds is 9. The molecule has 1 fully saturated rings. The molecule has 0 saturated carbocycles. The van der Waals surface area contributed by atoms with Crippen LogP contribution in [0.5, 0.6) is 0 Å². The van der Waals surface area contributed by atoms with Gasteiger partial charge in [0, 0.05) is 0 Å². The summed E-state index contributed by atoms with van der Waals surface area (Å²) < 4.78 is 288. The Labute approximate surface area is 174 Å². The molecule has 0 spiro atoms. The van der Waals surface area contributed by atoms with E-state index in [1.165, 1.54) is 0 Å². The largest absolute Gasteiger partial charge is 0.424 e. The van der Waals surface area contributed by atoms with Gasteiger partial charge in [-0.15, -0.1) is 0 Å². The Kier molecular flexibility index (Phi) is 6.55. The normalized spacial score (nSPS) is 22.8. The highest BCUT2D eigenvalue weighted by Crippen LogP contribution is 2.70. The molecule has 1 rings (SSSR count). The van der Waals surface area contributed by atoms with Crippen LogP contribution >= 0.6 is 0 Å². The topological polar surface area (TPSA) is 12.5 Å². The van der Waals surface area contributed by atoms with E-state index in [9.17, 15) is 96.6 Å².